The van der Waals surface area contributed by atoms with E-state index in [4.69, 9.17) is 11.6 Å². The summed E-state index contributed by atoms with van der Waals surface area (Å²) < 4.78 is 0. The third-order valence-corrected chi connectivity index (χ3v) is 7.40. The minimum Gasteiger partial charge on any atom is -0.358 e. The number of fused-ring (bicyclic) bond motifs is 5. The highest BCUT2D eigenvalue weighted by molar-refractivity contribution is 6.30. The predicted molar refractivity (Wildman–Crippen MR) is 130 cm³/mol. The summed E-state index contributed by atoms with van der Waals surface area (Å²) in [6.07, 6.45) is 3.81. The SMILES string of the molecule is Cc1ccc(N2C(=O)[C@@H]3[C@@H](C2=O)[C@@H]2c4ccccc4C=CN2[C@@H]3C(=O)c2ccc(Cl)cc2)cc1. The van der Waals surface area contributed by atoms with Gasteiger partial charge >= 0.3 is 0 Å². The Morgan fingerprint density at radius 3 is 2.26 bits per heavy atom. The first-order valence-corrected chi connectivity index (χ1v) is 11.6. The van der Waals surface area contributed by atoms with Crippen LogP contribution < -0.4 is 4.90 Å². The molecule has 0 unspecified atom stereocenters. The molecule has 34 heavy (non-hydrogen) atoms. The number of aryl methyl sites for hydroxylation is 1. The Hall–Kier alpha value is -3.70. The Morgan fingerprint density at radius 1 is 0.853 bits per heavy atom. The van der Waals surface area contributed by atoms with E-state index >= 15 is 0 Å². The summed E-state index contributed by atoms with van der Waals surface area (Å²) in [5.74, 6) is -2.21. The van der Waals surface area contributed by atoms with Crippen LogP contribution in [0.3, 0.4) is 0 Å². The summed E-state index contributed by atoms with van der Waals surface area (Å²) in [7, 11) is 0. The molecule has 0 saturated carbocycles. The van der Waals surface area contributed by atoms with Crippen LogP contribution >= 0.6 is 11.6 Å². The van der Waals surface area contributed by atoms with Crippen molar-refractivity contribution in [3.63, 3.8) is 0 Å². The largest absolute Gasteiger partial charge is 0.358 e. The van der Waals surface area contributed by atoms with Crippen molar-refractivity contribution >= 4 is 41.0 Å². The Balaban J connectivity index is 1.49. The lowest BCUT2D eigenvalue weighted by Crippen LogP contribution is -2.44. The second kappa shape index (κ2) is 7.67. The van der Waals surface area contributed by atoms with Crippen molar-refractivity contribution in [2.75, 3.05) is 4.90 Å². The van der Waals surface area contributed by atoms with Crippen LogP contribution in [-0.4, -0.2) is 28.5 Å². The number of hydrogen-bond acceptors (Lipinski definition) is 4. The number of ketones is 1. The fraction of sp³-hybridized carbons (Fsp3) is 0.179. The van der Waals surface area contributed by atoms with Gasteiger partial charge < -0.3 is 4.90 Å². The van der Waals surface area contributed by atoms with Gasteiger partial charge in [0, 0.05) is 16.8 Å². The molecule has 3 heterocycles. The molecule has 0 aliphatic carbocycles. The van der Waals surface area contributed by atoms with E-state index in [1.165, 1.54) is 4.90 Å². The molecule has 3 aliphatic heterocycles. The summed E-state index contributed by atoms with van der Waals surface area (Å²) in [5, 5.41) is 0.531. The number of halogens is 1. The lowest BCUT2D eigenvalue weighted by Gasteiger charge is -2.35. The van der Waals surface area contributed by atoms with E-state index in [9.17, 15) is 14.4 Å². The third kappa shape index (κ3) is 2.97. The number of nitrogens with zero attached hydrogens (tertiary/aromatic N) is 2. The highest BCUT2D eigenvalue weighted by atomic mass is 35.5. The van der Waals surface area contributed by atoms with Crippen molar-refractivity contribution in [2.45, 2.75) is 19.0 Å². The molecule has 0 radical (unpaired) electrons. The number of anilines is 1. The van der Waals surface area contributed by atoms with E-state index in [1.807, 2.05) is 60.5 Å². The maximum absolute atomic E-state index is 13.8. The van der Waals surface area contributed by atoms with Gasteiger partial charge in [-0.2, -0.15) is 0 Å². The number of hydrogen-bond donors (Lipinski definition) is 0. The Morgan fingerprint density at radius 2 is 1.53 bits per heavy atom. The number of carbonyl (C=O) groups is 3. The Bertz CT molecular complexity index is 1360. The molecule has 3 aliphatic rings. The normalized spacial score (nSPS) is 24.8. The molecule has 3 aromatic rings. The van der Waals surface area contributed by atoms with Crippen LogP contribution in [-0.2, 0) is 9.59 Å². The first kappa shape index (κ1) is 20.9. The summed E-state index contributed by atoms with van der Waals surface area (Å²) in [6, 6.07) is 20.7. The standard InChI is InChI=1S/C28H21ClN2O3/c1-16-6-12-20(13-7-16)31-27(33)22-23(28(31)34)25(26(32)18-8-10-19(29)11-9-18)30-15-14-17-4-2-3-5-21(17)24(22)30/h2-15,22-25H,1H3/t22-,23-,24+,25+/m1/s1. The van der Waals surface area contributed by atoms with Crippen LogP contribution in [0.4, 0.5) is 5.69 Å². The van der Waals surface area contributed by atoms with Gasteiger partial charge in [0.1, 0.15) is 6.04 Å². The molecule has 0 bridgehead atoms. The predicted octanol–water partition coefficient (Wildman–Crippen LogP) is 5.05. The second-order valence-corrected chi connectivity index (χ2v) is 9.49. The number of carbonyl (C=O) groups excluding carboxylic acids is 3. The minimum atomic E-state index is -0.785. The number of rotatable bonds is 3. The topological polar surface area (TPSA) is 57.7 Å². The number of benzene rings is 3. The molecular weight excluding hydrogens is 448 g/mol. The van der Waals surface area contributed by atoms with Crippen LogP contribution in [0.2, 0.25) is 5.02 Å². The molecular formula is C28H21ClN2O3. The highest BCUT2D eigenvalue weighted by Crippen LogP contribution is 2.53. The van der Waals surface area contributed by atoms with E-state index in [2.05, 4.69) is 0 Å². The molecule has 6 heteroatoms. The van der Waals surface area contributed by atoms with Gasteiger partial charge in [-0.15, -0.1) is 0 Å². The van der Waals surface area contributed by atoms with Crippen molar-refractivity contribution in [3.8, 4) is 0 Å². The molecule has 0 N–H and O–H groups in total. The summed E-state index contributed by atoms with van der Waals surface area (Å²) in [4.78, 5) is 44.6. The highest BCUT2D eigenvalue weighted by Gasteiger charge is 2.64. The zero-order valence-corrected chi connectivity index (χ0v) is 19.1. The molecule has 2 fully saturated rings. The van der Waals surface area contributed by atoms with Gasteiger partial charge in [-0.1, -0.05) is 53.6 Å². The number of imide groups is 1. The smallest absolute Gasteiger partial charge is 0.240 e. The zero-order valence-electron chi connectivity index (χ0n) is 18.4. The van der Waals surface area contributed by atoms with Gasteiger partial charge in [-0.25, -0.2) is 4.90 Å². The second-order valence-electron chi connectivity index (χ2n) is 9.05. The molecule has 5 nitrogen and oxygen atoms in total. The minimum absolute atomic E-state index is 0.190. The van der Waals surface area contributed by atoms with E-state index in [1.54, 1.807) is 36.4 Å². The summed E-state index contributed by atoms with van der Waals surface area (Å²) in [6.45, 7) is 1.95. The van der Waals surface area contributed by atoms with Crippen LogP contribution in [0.25, 0.3) is 6.08 Å². The van der Waals surface area contributed by atoms with Gasteiger partial charge in [-0.3, -0.25) is 14.4 Å². The van der Waals surface area contributed by atoms with E-state index < -0.39 is 17.9 Å². The van der Waals surface area contributed by atoms with Gasteiger partial charge in [-0.05, 0) is 60.5 Å². The first-order valence-electron chi connectivity index (χ1n) is 11.2. The van der Waals surface area contributed by atoms with E-state index in [0.717, 1.165) is 16.7 Å². The van der Waals surface area contributed by atoms with Crippen LogP contribution in [0, 0.1) is 18.8 Å². The van der Waals surface area contributed by atoms with Crippen LogP contribution in [0.5, 0.6) is 0 Å². The third-order valence-electron chi connectivity index (χ3n) is 7.15. The van der Waals surface area contributed by atoms with Crippen LogP contribution in [0.15, 0.2) is 79.0 Å². The molecule has 0 aromatic heterocycles. The van der Waals surface area contributed by atoms with E-state index in [0.29, 0.717) is 16.3 Å². The molecule has 6 rings (SSSR count). The molecule has 0 spiro atoms. The van der Waals surface area contributed by atoms with Crippen molar-refractivity contribution < 1.29 is 14.4 Å². The number of amides is 2. The maximum Gasteiger partial charge on any atom is 0.240 e. The molecule has 2 saturated heterocycles. The fourth-order valence-electron chi connectivity index (χ4n) is 5.59. The van der Waals surface area contributed by atoms with Gasteiger partial charge in [0.25, 0.3) is 0 Å². The van der Waals surface area contributed by atoms with Crippen molar-refractivity contribution in [1.82, 2.24) is 4.90 Å². The zero-order chi connectivity index (χ0) is 23.6. The molecule has 2 amide bonds. The quantitative estimate of drug-likeness (QED) is 0.399. The summed E-state index contributed by atoms with van der Waals surface area (Å²) >= 11 is 6.03. The fourth-order valence-corrected chi connectivity index (χ4v) is 5.72. The Kier molecular flexibility index (Phi) is 4.71. The van der Waals surface area contributed by atoms with Crippen LogP contribution in [0.1, 0.15) is 33.1 Å². The van der Waals surface area contributed by atoms with Gasteiger partial charge in [0.05, 0.1) is 23.6 Å². The van der Waals surface area contributed by atoms with Crippen molar-refractivity contribution in [1.29, 1.82) is 0 Å². The molecule has 168 valence electrons. The lowest BCUT2D eigenvalue weighted by molar-refractivity contribution is -0.123. The molecule has 4 atom stereocenters. The molecule has 3 aromatic carbocycles. The average molecular weight is 469 g/mol. The van der Waals surface area contributed by atoms with Gasteiger partial charge in [0.15, 0.2) is 5.78 Å². The lowest BCUT2D eigenvalue weighted by atomic mass is 9.83. The van der Waals surface area contributed by atoms with E-state index in [-0.39, 0.29) is 23.6 Å². The summed E-state index contributed by atoms with van der Waals surface area (Å²) in [5.41, 5.74) is 4.00. The maximum atomic E-state index is 13.8. The van der Waals surface area contributed by atoms with Crippen molar-refractivity contribution in [3.05, 3.63) is 106 Å². The van der Waals surface area contributed by atoms with Gasteiger partial charge in [0.2, 0.25) is 11.8 Å². The number of Topliss-reactive ketones (excluding diaryl/α,β-unsaturated/α-hetero) is 1. The average Bonchev–Trinajstić information content (AvgIpc) is 3.32. The Labute approximate surface area is 202 Å². The first-order chi connectivity index (χ1) is 16.5. The monoisotopic (exact) mass is 468 g/mol. The van der Waals surface area contributed by atoms with Crippen molar-refractivity contribution in [2.24, 2.45) is 11.8 Å².